The summed E-state index contributed by atoms with van der Waals surface area (Å²) >= 11 is 0. The number of allylic oxidation sites excluding steroid dienone is 2. The highest BCUT2D eigenvalue weighted by Crippen LogP contribution is 2.23. The average Bonchev–Trinajstić information content (AvgIpc) is 2.92. The molecular formula is C16H20N6O3. The Morgan fingerprint density at radius 1 is 1.32 bits per heavy atom. The van der Waals surface area contributed by atoms with E-state index in [1.807, 2.05) is 13.8 Å². The Morgan fingerprint density at radius 2 is 2.04 bits per heavy atom. The summed E-state index contributed by atoms with van der Waals surface area (Å²) in [6.07, 6.45) is 3.53. The molecule has 0 N–H and O–H groups in total. The monoisotopic (exact) mass is 344 g/mol. The SMILES string of the molecule is C/C=C/Cn1c(=O)c2c(nc3n2CC(C)=NN3CC(C)=O)n(C)c1=O. The molecule has 0 aliphatic carbocycles. The van der Waals surface area contributed by atoms with Crippen LogP contribution in [0.1, 0.15) is 20.8 Å². The van der Waals surface area contributed by atoms with Gasteiger partial charge in [0.15, 0.2) is 16.9 Å². The standard InChI is InChI=1S/C16H20N6O3/c1-5-6-7-20-14(24)12-13(19(4)16(20)25)17-15-21(12)8-10(2)18-22(15)9-11(3)23/h5-6H,7-9H2,1-4H3/b6-5+. The predicted octanol–water partition coefficient (Wildman–Crippen LogP) is 0.258. The Labute approximate surface area is 143 Å². The molecule has 0 fully saturated rings. The zero-order valence-corrected chi connectivity index (χ0v) is 14.7. The summed E-state index contributed by atoms with van der Waals surface area (Å²) in [5.74, 6) is 0.322. The van der Waals surface area contributed by atoms with Crippen molar-refractivity contribution in [2.24, 2.45) is 12.1 Å². The van der Waals surface area contributed by atoms with E-state index >= 15 is 0 Å². The van der Waals surface area contributed by atoms with E-state index in [4.69, 9.17) is 0 Å². The first kappa shape index (κ1) is 16.9. The number of anilines is 1. The fraction of sp³-hybridized carbons (Fsp3) is 0.438. The van der Waals surface area contributed by atoms with E-state index < -0.39 is 11.2 Å². The molecule has 0 atom stereocenters. The van der Waals surface area contributed by atoms with E-state index in [-0.39, 0.29) is 18.9 Å². The first-order valence-electron chi connectivity index (χ1n) is 7.97. The van der Waals surface area contributed by atoms with Crippen molar-refractivity contribution in [2.45, 2.75) is 33.9 Å². The first-order chi connectivity index (χ1) is 11.8. The zero-order valence-electron chi connectivity index (χ0n) is 14.7. The smallest absolute Gasteiger partial charge is 0.298 e. The maximum Gasteiger partial charge on any atom is 0.332 e. The third kappa shape index (κ3) is 2.71. The van der Waals surface area contributed by atoms with Crippen LogP contribution < -0.4 is 16.3 Å². The van der Waals surface area contributed by atoms with Gasteiger partial charge in [-0.2, -0.15) is 10.1 Å². The molecular weight excluding hydrogens is 324 g/mol. The fourth-order valence-corrected chi connectivity index (χ4v) is 2.91. The van der Waals surface area contributed by atoms with Crippen molar-refractivity contribution in [1.29, 1.82) is 0 Å². The second-order valence-corrected chi connectivity index (χ2v) is 6.09. The van der Waals surface area contributed by atoms with Crippen LogP contribution in [0.5, 0.6) is 0 Å². The average molecular weight is 344 g/mol. The van der Waals surface area contributed by atoms with Crippen molar-refractivity contribution < 1.29 is 4.79 Å². The molecule has 132 valence electrons. The van der Waals surface area contributed by atoms with Crippen LogP contribution in [0.25, 0.3) is 11.2 Å². The van der Waals surface area contributed by atoms with E-state index in [0.29, 0.717) is 23.7 Å². The van der Waals surface area contributed by atoms with E-state index in [1.54, 1.807) is 23.8 Å². The Hall–Kier alpha value is -2.97. The number of ketones is 1. The summed E-state index contributed by atoms with van der Waals surface area (Å²) in [6.45, 7) is 5.75. The minimum absolute atomic E-state index is 0.0569. The van der Waals surface area contributed by atoms with Crippen LogP contribution in [0.15, 0.2) is 26.8 Å². The van der Waals surface area contributed by atoms with Crippen LogP contribution in [0.2, 0.25) is 0 Å². The summed E-state index contributed by atoms with van der Waals surface area (Å²) < 4.78 is 4.25. The van der Waals surface area contributed by atoms with Crippen molar-refractivity contribution in [3.05, 3.63) is 33.0 Å². The number of imidazole rings is 1. The maximum atomic E-state index is 12.9. The molecule has 0 bridgehead atoms. The molecule has 9 heteroatoms. The van der Waals surface area contributed by atoms with Crippen LogP contribution in [-0.4, -0.2) is 36.7 Å². The van der Waals surface area contributed by atoms with Crippen LogP contribution >= 0.6 is 0 Å². The molecule has 0 aromatic carbocycles. The number of aromatic nitrogens is 4. The molecule has 0 saturated carbocycles. The van der Waals surface area contributed by atoms with Gasteiger partial charge >= 0.3 is 5.69 Å². The molecule has 0 amide bonds. The molecule has 2 aromatic heterocycles. The van der Waals surface area contributed by atoms with Gasteiger partial charge in [-0.3, -0.25) is 23.3 Å². The van der Waals surface area contributed by atoms with Gasteiger partial charge in [0.05, 0.1) is 12.3 Å². The Balaban J connectivity index is 2.32. The zero-order chi connectivity index (χ0) is 18.3. The van der Waals surface area contributed by atoms with Gasteiger partial charge in [0.25, 0.3) is 5.56 Å². The van der Waals surface area contributed by atoms with Gasteiger partial charge in [-0.25, -0.2) is 9.80 Å². The number of hydrogen-bond acceptors (Lipinski definition) is 6. The molecule has 0 radical (unpaired) electrons. The summed E-state index contributed by atoms with van der Waals surface area (Å²) in [7, 11) is 1.58. The molecule has 0 spiro atoms. The van der Waals surface area contributed by atoms with Crippen LogP contribution in [0, 0.1) is 0 Å². The third-order valence-corrected chi connectivity index (χ3v) is 4.02. The van der Waals surface area contributed by atoms with Gasteiger partial charge in [0.2, 0.25) is 5.95 Å². The highest BCUT2D eigenvalue weighted by atomic mass is 16.2. The molecule has 0 saturated heterocycles. The molecule has 25 heavy (non-hydrogen) atoms. The van der Waals surface area contributed by atoms with Crippen molar-refractivity contribution >= 4 is 28.6 Å². The summed E-state index contributed by atoms with van der Waals surface area (Å²) in [5.41, 5.74) is 0.556. The fourth-order valence-electron chi connectivity index (χ4n) is 2.91. The van der Waals surface area contributed by atoms with Crippen LogP contribution in [0.4, 0.5) is 5.95 Å². The third-order valence-electron chi connectivity index (χ3n) is 4.02. The molecule has 0 unspecified atom stereocenters. The van der Waals surface area contributed by atoms with Gasteiger partial charge in [-0.05, 0) is 20.8 Å². The molecule has 3 heterocycles. The number of rotatable bonds is 4. The summed E-state index contributed by atoms with van der Waals surface area (Å²) in [4.78, 5) is 41.4. The number of nitrogens with zero attached hydrogens (tertiary/aromatic N) is 6. The number of carbonyl (C=O) groups is 1. The first-order valence-corrected chi connectivity index (χ1v) is 7.97. The largest absolute Gasteiger partial charge is 0.332 e. The van der Waals surface area contributed by atoms with Crippen molar-refractivity contribution in [3.8, 4) is 0 Å². The number of Topliss-reactive ketones (excluding diaryl/α,β-unsaturated/α-hetero) is 1. The van der Waals surface area contributed by atoms with E-state index in [9.17, 15) is 14.4 Å². The van der Waals surface area contributed by atoms with E-state index in [2.05, 4.69) is 10.1 Å². The number of hydrogen-bond donors (Lipinski definition) is 0. The molecule has 1 aliphatic heterocycles. The lowest BCUT2D eigenvalue weighted by atomic mass is 10.3. The second kappa shape index (κ2) is 6.15. The van der Waals surface area contributed by atoms with Gasteiger partial charge in [0.1, 0.15) is 6.54 Å². The highest BCUT2D eigenvalue weighted by Gasteiger charge is 2.26. The normalized spacial score (nSPS) is 14.2. The molecule has 9 nitrogen and oxygen atoms in total. The van der Waals surface area contributed by atoms with Crippen LogP contribution in [-0.2, 0) is 24.9 Å². The van der Waals surface area contributed by atoms with E-state index in [0.717, 1.165) is 5.71 Å². The summed E-state index contributed by atoms with van der Waals surface area (Å²) in [5, 5.41) is 5.82. The lowest BCUT2D eigenvalue weighted by molar-refractivity contribution is -0.115. The van der Waals surface area contributed by atoms with Gasteiger partial charge in [-0.1, -0.05) is 12.2 Å². The van der Waals surface area contributed by atoms with Crippen molar-refractivity contribution in [3.63, 3.8) is 0 Å². The van der Waals surface area contributed by atoms with Crippen molar-refractivity contribution in [1.82, 2.24) is 18.7 Å². The number of carbonyl (C=O) groups excluding carboxylic acids is 1. The Morgan fingerprint density at radius 3 is 2.68 bits per heavy atom. The lowest BCUT2D eigenvalue weighted by Gasteiger charge is -2.23. The highest BCUT2D eigenvalue weighted by molar-refractivity contribution is 5.89. The number of aryl methyl sites for hydroxylation is 1. The lowest BCUT2D eigenvalue weighted by Crippen LogP contribution is -2.39. The molecule has 1 aliphatic rings. The minimum atomic E-state index is -0.429. The quantitative estimate of drug-likeness (QED) is 0.742. The predicted molar refractivity (Wildman–Crippen MR) is 95.2 cm³/mol. The second-order valence-electron chi connectivity index (χ2n) is 6.09. The maximum absolute atomic E-state index is 12.9. The van der Waals surface area contributed by atoms with Gasteiger partial charge in [-0.15, -0.1) is 0 Å². The summed E-state index contributed by atoms with van der Waals surface area (Å²) in [6, 6.07) is 0. The van der Waals surface area contributed by atoms with E-state index in [1.165, 1.54) is 21.1 Å². The van der Waals surface area contributed by atoms with Crippen molar-refractivity contribution in [2.75, 3.05) is 11.6 Å². The Kier molecular flexibility index (Phi) is 4.15. The van der Waals surface area contributed by atoms with Crippen LogP contribution in [0.3, 0.4) is 0 Å². The van der Waals surface area contributed by atoms with Gasteiger partial charge < -0.3 is 0 Å². The topological polar surface area (TPSA) is 94.5 Å². The molecule has 2 aromatic rings. The number of fused-ring (bicyclic) bond motifs is 3. The Bertz CT molecular complexity index is 1040. The molecule has 3 rings (SSSR count). The van der Waals surface area contributed by atoms with Gasteiger partial charge in [0, 0.05) is 13.6 Å². The minimum Gasteiger partial charge on any atom is -0.298 e. The number of hydrazone groups is 1.